The molecule has 350 valence electrons. The third-order valence-electron chi connectivity index (χ3n) is 16.0. The molecule has 0 N–H and O–H groups in total. The average molecular weight is 1000 g/mol. The van der Waals surface area contributed by atoms with E-state index in [0.717, 1.165) is 86.5 Å². The second kappa shape index (κ2) is 15.3. The predicted octanol–water partition coefficient (Wildman–Crippen LogP) is 18.6. The number of hydrogen-bond acceptors (Lipinski definition) is 4. The Bertz CT molecular complexity index is 5420. The number of nitriles is 2. The van der Waals surface area contributed by atoms with Crippen molar-refractivity contribution < 1.29 is 0 Å². The molecule has 6 nitrogen and oxygen atoms in total. The molecule has 76 heavy (non-hydrogen) atoms. The highest BCUT2D eigenvalue weighted by molar-refractivity contribution is 7.26. The van der Waals surface area contributed by atoms with E-state index in [9.17, 15) is 10.5 Å². The Balaban J connectivity index is 0.950. The summed E-state index contributed by atoms with van der Waals surface area (Å²) >= 11 is 3.56. The SMILES string of the molecule is N#Cc1cc(-n2c3cc(-n4c5ccccc5c5ccccc54)ccc3c3cc4c(cc32)sc2ccccc24)c(C#N)cc1-n1c2ccc(-n3c4ccccc4c4ccccc43)cc2c2cc3c(cc21)sc1ccccc13. The molecular formula is C68H36N6S2. The molecule has 0 atom stereocenters. The van der Waals surface area contributed by atoms with Crippen LogP contribution in [0.25, 0.3) is 150 Å². The zero-order chi connectivity index (χ0) is 49.9. The minimum atomic E-state index is 0.464. The van der Waals surface area contributed by atoms with Crippen molar-refractivity contribution in [3.63, 3.8) is 0 Å². The van der Waals surface area contributed by atoms with Crippen LogP contribution in [-0.2, 0) is 0 Å². The summed E-state index contributed by atoms with van der Waals surface area (Å²) in [6.45, 7) is 0. The highest BCUT2D eigenvalue weighted by atomic mass is 32.1. The molecule has 11 aromatic carbocycles. The number of para-hydroxylation sites is 4. The van der Waals surface area contributed by atoms with Crippen LogP contribution in [0.15, 0.2) is 218 Å². The normalized spacial score (nSPS) is 12.2. The molecule has 8 heteroatoms. The number of nitrogens with zero attached hydrogens (tertiary/aromatic N) is 6. The topological polar surface area (TPSA) is 67.3 Å². The number of aromatic nitrogens is 4. The Morgan fingerprint density at radius 1 is 0.250 bits per heavy atom. The summed E-state index contributed by atoms with van der Waals surface area (Å²) in [6.07, 6.45) is 0. The van der Waals surface area contributed by atoms with E-state index in [1.165, 1.54) is 52.5 Å². The van der Waals surface area contributed by atoms with Gasteiger partial charge in [0.2, 0.25) is 0 Å². The van der Waals surface area contributed by atoms with Gasteiger partial charge in [-0.15, -0.1) is 22.7 Å². The van der Waals surface area contributed by atoms with Crippen LogP contribution in [0.3, 0.4) is 0 Å². The molecule has 0 aliphatic heterocycles. The van der Waals surface area contributed by atoms with Gasteiger partial charge in [-0.1, -0.05) is 115 Å². The molecule has 0 spiro atoms. The third-order valence-corrected chi connectivity index (χ3v) is 18.3. The zero-order valence-electron chi connectivity index (χ0n) is 40.3. The van der Waals surface area contributed by atoms with Gasteiger partial charge in [-0.2, -0.15) is 10.5 Å². The summed E-state index contributed by atoms with van der Waals surface area (Å²) in [6, 6.07) is 83.5. The van der Waals surface area contributed by atoms with Gasteiger partial charge in [-0.05, 0) is 103 Å². The van der Waals surface area contributed by atoms with Crippen LogP contribution >= 0.6 is 22.7 Å². The van der Waals surface area contributed by atoms with Gasteiger partial charge < -0.3 is 18.3 Å². The maximum atomic E-state index is 11.6. The van der Waals surface area contributed by atoms with Crippen molar-refractivity contribution in [2.75, 3.05) is 0 Å². The quantitative estimate of drug-likeness (QED) is 0.176. The lowest BCUT2D eigenvalue weighted by Crippen LogP contribution is -2.04. The molecule has 6 aromatic heterocycles. The van der Waals surface area contributed by atoms with Crippen molar-refractivity contribution in [2.24, 2.45) is 0 Å². The second-order valence-electron chi connectivity index (χ2n) is 19.9. The molecule has 0 amide bonds. The van der Waals surface area contributed by atoms with Gasteiger partial charge in [0.1, 0.15) is 12.1 Å². The van der Waals surface area contributed by atoms with Crippen molar-refractivity contribution in [2.45, 2.75) is 0 Å². The molecule has 0 saturated carbocycles. The van der Waals surface area contributed by atoms with Gasteiger partial charge in [0.05, 0.1) is 66.6 Å². The van der Waals surface area contributed by atoms with E-state index < -0.39 is 0 Å². The summed E-state index contributed by atoms with van der Waals surface area (Å²) in [5.74, 6) is 0. The first-order chi connectivity index (χ1) is 37.6. The Morgan fingerprint density at radius 3 is 1.09 bits per heavy atom. The Morgan fingerprint density at radius 2 is 0.605 bits per heavy atom. The fourth-order valence-electron chi connectivity index (χ4n) is 12.8. The number of benzene rings is 11. The number of hydrogen-bond donors (Lipinski definition) is 0. The van der Waals surface area contributed by atoms with Gasteiger partial charge in [0.25, 0.3) is 0 Å². The predicted molar refractivity (Wildman–Crippen MR) is 319 cm³/mol. The second-order valence-corrected chi connectivity index (χ2v) is 22.0. The van der Waals surface area contributed by atoms with Gasteiger partial charge in [0, 0.05) is 94.8 Å². The monoisotopic (exact) mass is 1000 g/mol. The lowest BCUT2D eigenvalue weighted by Gasteiger charge is -2.16. The van der Waals surface area contributed by atoms with Crippen molar-refractivity contribution in [3.8, 4) is 34.9 Å². The third kappa shape index (κ3) is 5.56. The lowest BCUT2D eigenvalue weighted by atomic mass is 10.1. The van der Waals surface area contributed by atoms with Crippen LogP contribution in [0.4, 0.5) is 0 Å². The first kappa shape index (κ1) is 41.5. The van der Waals surface area contributed by atoms with Crippen LogP contribution in [-0.4, -0.2) is 18.3 Å². The van der Waals surface area contributed by atoms with Crippen molar-refractivity contribution in [3.05, 3.63) is 230 Å². The number of rotatable bonds is 4. The standard InChI is InChI=1S/C68H36N6S2/c69-37-39-30-61(74-62-32-42(72-57-21-9-3-15-45(57)46-16-4-10-22-58(46)72)25-27-47(62)51-33-53-48-17-5-11-23-65(48)75-67(53)35-63(51)74)40(38-70)29-60(39)73-59-28-26-41(71-55-19-7-1-13-43(55)44-14-2-8-20-56(44)71)31-50(59)52-34-54-49-18-6-12-24-66(49)76-68(54)36-64(52)73/h1-36H. The van der Waals surface area contributed by atoms with Crippen LogP contribution in [0, 0.1) is 22.7 Å². The summed E-state index contributed by atoms with van der Waals surface area (Å²) in [4.78, 5) is 0. The first-order valence-corrected chi connectivity index (χ1v) is 27.0. The van der Waals surface area contributed by atoms with Crippen LogP contribution in [0.2, 0.25) is 0 Å². The highest BCUT2D eigenvalue weighted by Gasteiger charge is 2.25. The summed E-state index contributed by atoms with van der Waals surface area (Å²) in [7, 11) is 0. The van der Waals surface area contributed by atoms with E-state index in [1.807, 2.05) is 12.1 Å². The van der Waals surface area contributed by atoms with Gasteiger partial charge in [-0.25, -0.2) is 0 Å². The van der Waals surface area contributed by atoms with Gasteiger partial charge >= 0.3 is 0 Å². The zero-order valence-corrected chi connectivity index (χ0v) is 41.9. The van der Waals surface area contributed by atoms with Crippen molar-refractivity contribution in [1.82, 2.24) is 18.3 Å². The molecule has 0 saturated heterocycles. The van der Waals surface area contributed by atoms with Crippen molar-refractivity contribution in [1.29, 1.82) is 10.5 Å². The van der Waals surface area contributed by atoms with Crippen LogP contribution < -0.4 is 0 Å². The molecule has 0 bridgehead atoms. The van der Waals surface area contributed by atoms with E-state index in [2.05, 4.69) is 237 Å². The number of thiophene rings is 2. The molecule has 0 unspecified atom stereocenters. The molecular weight excluding hydrogens is 965 g/mol. The Hall–Kier alpha value is -9.96. The Kier molecular flexibility index (Phi) is 8.36. The molecule has 0 fully saturated rings. The molecule has 0 aliphatic carbocycles. The summed E-state index contributed by atoms with van der Waals surface area (Å²) < 4.78 is 13.9. The minimum absolute atomic E-state index is 0.464. The van der Waals surface area contributed by atoms with Crippen molar-refractivity contribution >= 4 is 150 Å². The fraction of sp³-hybridized carbons (Fsp3) is 0. The largest absolute Gasteiger partial charge is 0.309 e. The van der Waals surface area contributed by atoms with E-state index >= 15 is 0 Å². The van der Waals surface area contributed by atoms with E-state index in [0.29, 0.717) is 22.5 Å². The maximum absolute atomic E-state index is 11.6. The van der Waals surface area contributed by atoms with Gasteiger partial charge in [-0.3, -0.25) is 0 Å². The van der Waals surface area contributed by atoms with E-state index in [4.69, 9.17) is 0 Å². The molecule has 6 heterocycles. The lowest BCUT2D eigenvalue weighted by molar-refractivity contribution is 1.12. The first-order valence-electron chi connectivity index (χ1n) is 25.4. The number of fused-ring (bicyclic) bond motifs is 18. The molecule has 0 aliphatic rings. The summed E-state index contributed by atoms with van der Waals surface area (Å²) in [5, 5.41) is 37.0. The Labute approximate surface area is 440 Å². The molecule has 17 rings (SSSR count). The van der Waals surface area contributed by atoms with Crippen LogP contribution in [0.1, 0.15) is 11.1 Å². The smallest absolute Gasteiger partial charge is 0.101 e. The fourth-order valence-corrected chi connectivity index (χ4v) is 15.0. The highest BCUT2D eigenvalue weighted by Crippen LogP contribution is 2.46. The molecule has 0 radical (unpaired) electrons. The molecule has 17 aromatic rings. The van der Waals surface area contributed by atoms with Crippen LogP contribution in [0.5, 0.6) is 0 Å². The minimum Gasteiger partial charge on any atom is -0.309 e. The van der Waals surface area contributed by atoms with E-state index in [1.54, 1.807) is 22.7 Å². The van der Waals surface area contributed by atoms with Gasteiger partial charge in [0.15, 0.2) is 0 Å². The average Bonchev–Trinajstić information content (AvgIpc) is 4.40. The van der Waals surface area contributed by atoms with E-state index in [-0.39, 0.29) is 0 Å². The maximum Gasteiger partial charge on any atom is 0.101 e. The summed E-state index contributed by atoms with van der Waals surface area (Å²) in [5.41, 5.74) is 12.7.